The Labute approximate surface area is 136 Å². The second-order valence-electron chi connectivity index (χ2n) is 6.63. The van der Waals surface area contributed by atoms with E-state index in [0.29, 0.717) is 5.13 Å². The van der Waals surface area contributed by atoms with Crippen molar-refractivity contribution in [1.29, 1.82) is 0 Å². The maximum Gasteiger partial charge on any atom is 0.240 e. The quantitative estimate of drug-likeness (QED) is 0.764. The Morgan fingerprint density at radius 2 is 2.09 bits per heavy atom. The van der Waals surface area contributed by atoms with E-state index < -0.39 is 0 Å². The maximum absolute atomic E-state index is 12.1. The molecule has 1 aromatic heterocycles. The van der Waals surface area contributed by atoms with Crippen molar-refractivity contribution in [2.75, 3.05) is 25.5 Å². The molecule has 0 spiro atoms. The summed E-state index contributed by atoms with van der Waals surface area (Å²) in [6, 6.07) is -0.0761. The normalized spacial score (nSPS) is 13.4. The van der Waals surface area contributed by atoms with Crippen molar-refractivity contribution in [1.82, 2.24) is 15.1 Å². The van der Waals surface area contributed by atoms with Crippen LogP contribution >= 0.6 is 11.3 Å². The molecule has 0 aromatic carbocycles. The highest BCUT2D eigenvalue weighted by Gasteiger charge is 2.28. The van der Waals surface area contributed by atoms with Gasteiger partial charge in [0.2, 0.25) is 11.0 Å². The molecule has 0 radical (unpaired) electrons. The number of unbranched alkanes of at least 4 members (excludes halogenated alkanes) is 1. The van der Waals surface area contributed by atoms with Gasteiger partial charge < -0.3 is 5.11 Å². The first-order chi connectivity index (χ1) is 10.3. The highest BCUT2D eigenvalue weighted by molar-refractivity contribution is 7.15. The molecule has 0 bridgehead atoms. The molecular formula is C15H28N4O2S. The van der Waals surface area contributed by atoms with Gasteiger partial charge in [-0.2, -0.15) is 0 Å². The Morgan fingerprint density at radius 3 is 2.64 bits per heavy atom. The maximum atomic E-state index is 12.1. The van der Waals surface area contributed by atoms with E-state index in [1.54, 1.807) is 0 Å². The number of hydrogen-bond acceptors (Lipinski definition) is 6. The number of likely N-dealkylation sites (N-methyl/N-ethyl adjacent to an activating group) is 1. The Balaban J connectivity index is 2.53. The van der Waals surface area contributed by atoms with Gasteiger partial charge >= 0.3 is 0 Å². The topological polar surface area (TPSA) is 78.4 Å². The highest BCUT2D eigenvalue weighted by atomic mass is 32.1. The van der Waals surface area contributed by atoms with Crippen molar-refractivity contribution >= 4 is 22.4 Å². The number of rotatable bonds is 8. The molecule has 1 aromatic rings. The van der Waals surface area contributed by atoms with Crippen molar-refractivity contribution < 1.29 is 9.90 Å². The number of carbonyl (C=O) groups is 1. The van der Waals surface area contributed by atoms with E-state index in [1.807, 2.05) is 32.7 Å². The highest BCUT2D eigenvalue weighted by Crippen LogP contribution is 2.23. The van der Waals surface area contributed by atoms with Crippen molar-refractivity contribution in [3.63, 3.8) is 0 Å². The summed E-state index contributed by atoms with van der Waals surface area (Å²) < 4.78 is 0. The number of hydrogen-bond donors (Lipinski definition) is 2. The molecule has 1 rings (SSSR count). The number of carbonyl (C=O) groups excluding carboxylic acids is 1. The second kappa shape index (κ2) is 8.55. The van der Waals surface area contributed by atoms with Crippen LogP contribution in [-0.2, 0) is 11.2 Å². The number of aryl methyl sites for hydroxylation is 1. The van der Waals surface area contributed by atoms with E-state index in [0.717, 1.165) is 24.3 Å². The molecule has 6 nitrogen and oxygen atoms in total. The zero-order chi connectivity index (χ0) is 16.8. The summed E-state index contributed by atoms with van der Waals surface area (Å²) in [7, 11) is 1.85. The number of nitrogens with zero attached hydrogens (tertiary/aromatic N) is 3. The fraction of sp³-hybridized carbons (Fsp3) is 0.800. The van der Waals surface area contributed by atoms with Crippen LogP contribution in [-0.4, -0.2) is 52.4 Å². The number of nitrogens with one attached hydrogen (secondary N) is 1. The SMILES string of the molecule is CCCCc1nnc(NC(=O)CN(C)C(CO)C(C)(C)C)s1. The zero-order valence-corrected chi connectivity index (χ0v) is 15.0. The van der Waals surface area contributed by atoms with Crippen molar-refractivity contribution in [2.45, 2.75) is 53.0 Å². The van der Waals surface area contributed by atoms with E-state index in [9.17, 15) is 9.90 Å². The van der Waals surface area contributed by atoms with Gasteiger partial charge in [0.05, 0.1) is 13.2 Å². The molecule has 0 fully saturated rings. The van der Waals surface area contributed by atoms with Crippen LogP contribution < -0.4 is 5.32 Å². The van der Waals surface area contributed by atoms with E-state index in [1.165, 1.54) is 11.3 Å². The predicted octanol–water partition coefficient (Wildman–Crippen LogP) is 2.16. The van der Waals surface area contributed by atoms with Crippen LogP contribution in [0.15, 0.2) is 0 Å². The van der Waals surface area contributed by atoms with Gasteiger partial charge in [0.15, 0.2) is 0 Å². The van der Waals surface area contributed by atoms with Gasteiger partial charge in [-0.1, -0.05) is 45.5 Å². The van der Waals surface area contributed by atoms with Crippen molar-refractivity contribution in [3.8, 4) is 0 Å². The smallest absolute Gasteiger partial charge is 0.240 e. The molecule has 1 atom stereocenters. The lowest BCUT2D eigenvalue weighted by molar-refractivity contribution is -0.118. The number of amides is 1. The first kappa shape index (κ1) is 19.0. The molecule has 0 aliphatic carbocycles. The minimum atomic E-state index is -0.136. The molecule has 1 amide bonds. The lowest BCUT2D eigenvalue weighted by Crippen LogP contribution is -2.47. The molecule has 0 saturated carbocycles. The molecule has 0 aliphatic heterocycles. The molecule has 0 aliphatic rings. The van der Waals surface area contributed by atoms with Gasteiger partial charge in [-0.3, -0.25) is 15.0 Å². The minimum Gasteiger partial charge on any atom is -0.395 e. The average molecular weight is 328 g/mol. The summed E-state index contributed by atoms with van der Waals surface area (Å²) in [6.07, 6.45) is 3.09. The van der Waals surface area contributed by atoms with E-state index in [-0.39, 0.29) is 30.5 Å². The van der Waals surface area contributed by atoms with E-state index >= 15 is 0 Å². The third-order valence-corrected chi connectivity index (χ3v) is 4.45. The van der Waals surface area contributed by atoms with Gasteiger partial charge in [0.1, 0.15) is 5.01 Å². The van der Waals surface area contributed by atoms with Crippen LogP contribution in [0.25, 0.3) is 0 Å². The third-order valence-electron chi connectivity index (χ3n) is 3.56. The van der Waals surface area contributed by atoms with Crippen LogP contribution in [0.4, 0.5) is 5.13 Å². The standard InChI is InChI=1S/C15H28N4O2S/c1-6-7-8-13-17-18-14(22-13)16-12(21)9-19(5)11(10-20)15(2,3)4/h11,20H,6-10H2,1-5H3,(H,16,18,21). The van der Waals surface area contributed by atoms with Crippen LogP contribution in [0.5, 0.6) is 0 Å². The van der Waals surface area contributed by atoms with Crippen LogP contribution in [0, 0.1) is 5.41 Å². The fourth-order valence-electron chi connectivity index (χ4n) is 2.30. The Hall–Kier alpha value is -1.05. The second-order valence-corrected chi connectivity index (χ2v) is 7.69. The predicted molar refractivity (Wildman–Crippen MR) is 90.1 cm³/mol. The summed E-state index contributed by atoms with van der Waals surface area (Å²) in [4.78, 5) is 14.0. The summed E-state index contributed by atoms with van der Waals surface area (Å²) in [5.41, 5.74) is -0.0974. The molecule has 0 saturated heterocycles. The lowest BCUT2D eigenvalue weighted by atomic mass is 9.86. The molecule has 22 heavy (non-hydrogen) atoms. The number of aliphatic hydroxyl groups excluding tert-OH is 1. The molecule has 2 N–H and O–H groups in total. The molecule has 7 heteroatoms. The molecule has 126 valence electrons. The number of anilines is 1. The Kier molecular flexibility index (Phi) is 7.38. The summed E-state index contributed by atoms with van der Waals surface area (Å²) in [5, 5.41) is 21.9. The van der Waals surface area contributed by atoms with Crippen LogP contribution in [0.1, 0.15) is 45.5 Å². The minimum absolute atomic E-state index is 0.0211. The van der Waals surface area contributed by atoms with Crippen LogP contribution in [0.3, 0.4) is 0 Å². The Morgan fingerprint density at radius 1 is 1.41 bits per heavy atom. The van der Waals surface area contributed by atoms with Gasteiger partial charge in [-0.05, 0) is 18.9 Å². The monoisotopic (exact) mass is 328 g/mol. The van der Waals surface area contributed by atoms with Gasteiger partial charge in [-0.15, -0.1) is 10.2 Å². The fourth-order valence-corrected chi connectivity index (χ4v) is 3.10. The van der Waals surface area contributed by atoms with E-state index in [4.69, 9.17) is 0 Å². The first-order valence-corrected chi connectivity index (χ1v) is 8.53. The number of aliphatic hydroxyl groups is 1. The number of aromatic nitrogens is 2. The first-order valence-electron chi connectivity index (χ1n) is 7.71. The molecular weight excluding hydrogens is 300 g/mol. The largest absolute Gasteiger partial charge is 0.395 e. The summed E-state index contributed by atoms with van der Waals surface area (Å²) >= 11 is 1.43. The Bertz CT molecular complexity index is 470. The average Bonchev–Trinajstić information content (AvgIpc) is 2.82. The lowest BCUT2D eigenvalue weighted by Gasteiger charge is -2.36. The molecule has 1 unspecified atom stereocenters. The van der Waals surface area contributed by atoms with Crippen molar-refractivity contribution in [3.05, 3.63) is 5.01 Å². The van der Waals surface area contributed by atoms with Crippen molar-refractivity contribution in [2.24, 2.45) is 5.41 Å². The molecule has 1 heterocycles. The summed E-state index contributed by atoms with van der Waals surface area (Å²) in [6.45, 7) is 8.51. The van der Waals surface area contributed by atoms with Gasteiger partial charge in [0, 0.05) is 12.5 Å². The van der Waals surface area contributed by atoms with Gasteiger partial charge in [0.25, 0.3) is 0 Å². The van der Waals surface area contributed by atoms with E-state index in [2.05, 4.69) is 22.4 Å². The van der Waals surface area contributed by atoms with Crippen LogP contribution in [0.2, 0.25) is 0 Å². The summed E-state index contributed by atoms with van der Waals surface area (Å²) in [5.74, 6) is -0.136. The zero-order valence-electron chi connectivity index (χ0n) is 14.2. The van der Waals surface area contributed by atoms with Gasteiger partial charge in [-0.25, -0.2) is 0 Å². The third kappa shape index (κ3) is 5.98.